The van der Waals surface area contributed by atoms with Gasteiger partial charge < -0.3 is 14.8 Å². The number of carbonyl (C=O) groups excluding carboxylic acids is 1. The van der Waals surface area contributed by atoms with Gasteiger partial charge in [-0.3, -0.25) is 9.89 Å². The maximum Gasteiger partial charge on any atom is 0.338 e. The molecule has 0 aliphatic carbocycles. The highest BCUT2D eigenvalue weighted by Crippen LogP contribution is 2.35. The number of aromatic nitrogens is 1. The van der Waals surface area contributed by atoms with Gasteiger partial charge in [-0.05, 0) is 24.6 Å². The smallest absolute Gasteiger partial charge is 0.338 e. The fourth-order valence-electron chi connectivity index (χ4n) is 3.69. The van der Waals surface area contributed by atoms with Crippen molar-refractivity contribution < 1.29 is 18.7 Å². The molecule has 8 nitrogen and oxygen atoms in total. The lowest BCUT2D eigenvalue weighted by molar-refractivity contribution is -0.139. The average molecular weight is 456 g/mol. The minimum Gasteiger partial charge on any atom is -0.463 e. The zero-order valence-corrected chi connectivity index (χ0v) is 18.3. The Hall–Kier alpha value is -3.13. The molecule has 2 aliphatic heterocycles. The van der Waals surface area contributed by atoms with Crippen LogP contribution in [0, 0.1) is 17.1 Å². The number of rotatable bonds is 6. The highest BCUT2D eigenvalue weighted by molar-refractivity contribution is 7.11. The third-order valence-electron chi connectivity index (χ3n) is 5.17. The summed E-state index contributed by atoms with van der Waals surface area (Å²) in [6, 6.07) is 5.11. The SMILES string of the molecule is CCOC(=O)C1=C(CN2CCOCC2)NC(c2nccs2)=NC1c1ccc(F)cc1C#N. The van der Waals surface area contributed by atoms with Gasteiger partial charge in [0.15, 0.2) is 10.8 Å². The molecule has 1 fully saturated rings. The van der Waals surface area contributed by atoms with Crippen LogP contribution in [-0.4, -0.2) is 61.1 Å². The molecule has 0 saturated carbocycles. The highest BCUT2D eigenvalue weighted by Gasteiger charge is 2.35. The first kappa shape index (κ1) is 22.1. The van der Waals surface area contributed by atoms with Crippen molar-refractivity contribution in [1.82, 2.24) is 15.2 Å². The second-order valence-corrected chi connectivity index (χ2v) is 8.08. The molecule has 2 aromatic rings. The molecule has 166 valence electrons. The van der Waals surface area contributed by atoms with E-state index in [-0.39, 0.29) is 12.2 Å². The van der Waals surface area contributed by atoms with Crippen LogP contribution in [0.3, 0.4) is 0 Å². The second kappa shape index (κ2) is 9.99. The van der Waals surface area contributed by atoms with E-state index in [1.807, 2.05) is 11.4 Å². The summed E-state index contributed by atoms with van der Waals surface area (Å²) in [5.74, 6) is -0.559. The van der Waals surface area contributed by atoms with E-state index >= 15 is 0 Å². The Balaban J connectivity index is 1.84. The topological polar surface area (TPSA) is 99.8 Å². The molecule has 0 radical (unpaired) electrons. The van der Waals surface area contributed by atoms with Gasteiger partial charge >= 0.3 is 5.97 Å². The number of hydrogen-bond donors (Lipinski definition) is 1. The van der Waals surface area contributed by atoms with Gasteiger partial charge in [-0.15, -0.1) is 11.3 Å². The van der Waals surface area contributed by atoms with Crippen LogP contribution in [0.15, 0.2) is 46.0 Å². The number of benzene rings is 1. The molecular weight excluding hydrogens is 433 g/mol. The van der Waals surface area contributed by atoms with Crippen LogP contribution in [-0.2, 0) is 14.3 Å². The number of esters is 1. The molecule has 10 heteroatoms. The summed E-state index contributed by atoms with van der Waals surface area (Å²) >= 11 is 1.41. The summed E-state index contributed by atoms with van der Waals surface area (Å²) in [4.78, 5) is 24.3. The van der Waals surface area contributed by atoms with Gasteiger partial charge in [0.05, 0.1) is 37.0 Å². The summed E-state index contributed by atoms with van der Waals surface area (Å²) in [6.07, 6.45) is 1.67. The summed E-state index contributed by atoms with van der Waals surface area (Å²) in [5.41, 5.74) is 1.49. The Kier molecular flexibility index (Phi) is 6.90. The van der Waals surface area contributed by atoms with Crippen LogP contribution in [0.5, 0.6) is 0 Å². The minimum absolute atomic E-state index is 0.117. The fraction of sp³-hybridized carbons (Fsp3) is 0.364. The summed E-state index contributed by atoms with van der Waals surface area (Å²) in [5, 5.41) is 15.4. The zero-order valence-electron chi connectivity index (χ0n) is 17.5. The number of aliphatic imine (C=N–C) groups is 1. The van der Waals surface area contributed by atoms with Gasteiger partial charge in [0, 0.05) is 36.9 Å². The van der Waals surface area contributed by atoms with Crippen molar-refractivity contribution in [2.24, 2.45) is 4.99 Å². The molecular formula is C22H22FN5O3S. The van der Waals surface area contributed by atoms with Gasteiger partial charge in [0.2, 0.25) is 0 Å². The number of halogens is 1. The maximum atomic E-state index is 13.8. The number of nitriles is 1. The summed E-state index contributed by atoms with van der Waals surface area (Å²) in [7, 11) is 0. The van der Waals surface area contributed by atoms with E-state index in [4.69, 9.17) is 14.5 Å². The van der Waals surface area contributed by atoms with E-state index < -0.39 is 17.8 Å². The molecule has 1 aromatic carbocycles. The predicted molar refractivity (Wildman–Crippen MR) is 117 cm³/mol. The normalized spacial score (nSPS) is 19.2. The molecule has 0 bridgehead atoms. The second-order valence-electron chi connectivity index (χ2n) is 7.19. The van der Waals surface area contributed by atoms with Crippen LogP contribution >= 0.6 is 11.3 Å². The van der Waals surface area contributed by atoms with Gasteiger partial charge in [-0.1, -0.05) is 6.07 Å². The molecule has 3 heterocycles. The zero-order chi connectivity index (χ0) is 22.5. The summed E-state index contributed by atoms with van der Waals surface area (Å²) in [6.45, 7) is 5.02. The van der Waals surface area contributed by atoms with Crippen LogP contribution < -0.4 is 5.32 Å². The van der Waals surface area contributed by atoms with Gasteiger partial charge in [0.25, 0.3) is 0 Å². The number of morpholine rings is 1. The Bertz CT molecular complexity index is 1090. The number of nitrogens with one attached hydrogen (secondary N) is 1. The van der Waals surface area contributed by atoms with Crippen molar-refractivity contribution in [1.29, 1.82) is 5.26 Å². The number of ether oxygens (including phenoxy) is 2. The lowest BCUT2D eigenvalue weighted by Gasteiger charge is -2.32. The number of nitrogens with zero attached hydrogens (tertiary/aromatic N) is 4. The minimum atomic E-state index is -0.833. The number of hydrogen-bond acceptors (Lipinski definition) is 9. The van der Waals surface area contributed by atoms with E-state index in [9.17, 15) is 14.4 Å². The van der Waals surface area contributed by atoms with E-state index in [2.05, 4.69) is 15.2 Å². The Morgan fingerprint density at radius 2 is 2.25 bits per heavy atom. The van der Waals surface area contributed by atoms with E-state index in [1.54, 1.807) is 13.1 Å². The largest absolute Gasteiger partial charge is 0.463 e. The number of thiazole rings is 1. The number of carbonyl (C=O) groups is 1. The number of amidine groups is 1. The monoisotopic (exact) mass is 455 g/mol. The quantitative estimate of drug-likeness (QED) is 0.668. The molecule has 0 amide bonds. The molecule has 1 atom stereocenters. The standard InChI is InChI=1S/C22H22FN5O3S/c1-2-31-22(29)18-17(13-28-6-8-30-9-7-28)26-20(21-25-5-10-32-21)27-19(18)16-4-3-15(23)11-14(16)12-24/h3-5,10-11,19H,2,6-9,13H2,1H3,(H,26,27). The van der Waals surface area contributed by atoms with Crippen molar-refractivity contribution in [3.63, 3.8) is 0 Å². The first-order valence-electron chi connectivity index (χ1n) is 10.2. The maximum absolute atomic E-state index is 13.8. The molecule has 2 aliphatic rings. The summed E-state index contributed by atoms with van der Waals surface area (Å²) < 4.78 is 24.6. The van der Waals surface area contributed by atoms with Gasteiger partial charge in [0.1, 0.15) is 11.9 Å². The van der Waals surface area contributed by atoms with Crippen molar-refractivity contribution in [3.8, 4) is 6.07 Å². The third-order valence-corrected chi connectivity index (χ3v) is 5.95. The molecule has 1 saturated heterocycles. The van der Waals surface area contributed by atoms with Crippen LogP contribution in [0.25, 0.3) is 0 Å². The van der Waals surface area contributed by atoms with E-state index in [0.717, 1.165) is 19.2 Å². The molecule has 32 heavy (non-hydrogen) atoms. The fourth-order valence-corrected chi connectivity index (χ4v) is 4.28. The lowest BCUT2D eigenvalue weighted by atomic mass is 9.92. The first-order valence-corrected chi connectivity index (χ1v) is 11.1. The molecule has 0 spiro atoms. The van der Waals surface area contributed by atoms with Crippen LogP contribution in [0.4, 0.5) is 4.39 Å². The Labute approximate surface area is 189 Å². The molecule has 1 aromatic heterocycles. The van der Waals surface area contributed by atoms with E-state index in [1.165, 1.54) is 23.5 Å². The van der Waals surface area contributed by atoms with E-state index in [0.29, 0.717) is 47.4 Å². The van der Waals surface area contributed by atoms with Crippen molar-refractivity contribution in [3.05, 3.63) is 63.0 Å². The lowest BCUT2D eigenvalue weighted by Crippen LogP contribution is -2.43. The Morgan fingerprint density at radius 3 is 2.94 bits per heavy atom. The predicted octanol–water partition coefficient (Wildman–Crippen LogP) is 2.39. The van der Waals surface area contributed by atoms with Crippen LogP contribution in [0.1, 0.15) is 29.1 Å². The Morgan fingerprint density at radius 1 is 1.44 bits per heavy atom. The molecule has 1 unspecified atom stereocenters. The third kappa shape index (κ3) is 4.70. The van der Waals surface area contributed by atoms with Gasteiger partial charge in [-0.25, -0.2) is 14.2 Å². The highest BCUT2D eigenvalue weighted by atomic mass is 32.1. The first-order chi connectivity index (χ1) is 15.6. The van der Waals surface area contributed by atoms with Crippen molar-refractivity contribution in [2.45, 2.75) is 13.0 Å². The van der Waals surface area contributed by atoms with Gasteiger partial charge in [-0.2, -0.15) is 5.26 Å². The molecule has 4 rings (SSSR count). The average Bonchev–Trinajstić information content (AvgIpc) is 3.34. The molecule has 1 N–H and O–H groups in total. The van der Waals surface area contributed by atoms with Crippen molar-refractivity contribution in [2.75, 3.05) is 39.5 Å². The van der Waals surface area contributed by atoms with Crippen molar-refractivity contribution >= 4 is 23.1 Å². The van der Waals surface area contributed by atoms with Crippen LogP contribution in [0.2, 0.25) is 0 Å².